The van der Waals surface area contributed by atoms with E-state index in [-0.39, 0.29) is 6.04 Å². The minimum Gasteiger partial charge on any atom is -0.378 e. The average Bonchev–Trinajstić information content (AvgIpc) is 2.38. The van der Waals surface area contributed by atoms with Crippen molar-refractivity contribution in [2.75, 3.05) is 6.61 Å². The Hall–Kier alpha value is -0.280. The fourth-order valence-corrected chi connectivity index (χ4v) is 3.31. The van der Waals surface area contributed by atoms with Crippen LogP contribution in [0.3, 0.4) is 0 Å². The second-order valence-corrected chi connectivity index (χ2v) is 6.77. The molecule has 0 spiro atoms. The maximum Gasteiger partial charge on any atom is 0.0612 e. The van der Waals surface area contributed by atoms with E-state index >= 15 is 0 Å². The topological polar surface area (TPSA) is 21.3 Å². The van der Waals surface area contributed by atoms with Gasteiger partial charge in [-0.15, -0.1) is 0 Å². The molecule has 1 aromatic rings. The zero-order valence-corrected chi connectivity index (χ0v) is 13.8. The van der Waals surface area contributed by atoms with E-state index in [1.807, 2.05) is 12.1 Å². The Balaban J connectivity index is 1.98. The van der Waals surface area contributed by atoms with Crippen molar-refractivity contribution < 1.29 is 4.74 Å². The van der Waals surface area contributed by atoms with Crippen LogP contribution < -0.4 is 5.32 Å². The van der Waals surface area contributed by atoms with Gasteiger partial charge in [-0.1, -0.05) is 43.1 Å². The Labute approximate surface area is 131 Å². The van der Waals surface area contributed by atoms with Crippen molar-refractivity contribution in [1.29, 1.82) is 0 Å². The summed E-state index contributed by atoms with van der Waals surface area (Å²) in [5.41, 5.74) is 1.10. The van der Waals surface area contributed by atoms with Gasteiger partial charge in [0.05, 0.1) is 6.10 Å². The van der Waals surface area contributed by atoms with Crippen LogP contribution in [0.5, 0.6) is 0 Å². The maximum absolute atomic E-state index is 6.27. The van der Waals surface area contributed by atoms with Gasteiger partial charge >= 0.3 is 0 Å². The largest absolute Gasteiger partial charge is 0.378 e. The first-order chi connectivity index (χ1) is 9.47. The molecule has 2 rings (SSSR count). The Kier molecular flexibility index (Phi) is 5.74. The Morgan fingerprint density at radius 2 is 2.00 bits per heavy atom. The van der Waals surface area contributed by atoms with Crippen LogP contribution in [-0.2, 0) is 4.74 Å². The summed E-state index contributed by atoms with van der Waals surface area (Å²) in [6.45, 7) is 7.41. The fraction of sp³-hybridized carbons (Fsp3) is 0.625. The highest BCUT2D eigenvalue weighted by Gasteiger charge is 2.26. The number of hydrogen-bond donors (Lipinski definition) is 1. The van der Waals surface area contributed by atoms with Crippen molar-refractivity contribution in [3.63, 3.8) is 0 Å². The molecule has 20 heavy (non-hydrogen) atoms. The standard InChI is InChI=1S/C16H23Cl2NO/c1-10(2)16-9-13(6-7-20-16)19-11(3)14-5-4-12(17)8-15(14)18/h4-5,8,10-11,13,16,19H,6-7,9H2,1-3H3. The fourth-order valence-electron chi connectivity index (χ4n) is 2.74. The second kappa shape index (κ2) is 7.13. The zero-order valence-electron chi connectivity index (χ0n) is 12.3. The second-order valence-electron chi connectivity index (χ2n) is 5.93. The lowest BCUT2D eigenvalue weighted by Crippen LogP contribution is -2.41. The van der Waals surface area contributed by atoms with Crippen LogP contribution in [0.1, 0.15) is 45.2 Å². The summed E-state index contributed by atoms with van der Waals surface area (Å²) in [6.07, 6.45) is 2.47. The average molecular weight is 316 g/mol. The van der Waals surface area contributed by atoms with Gasteiger partial charge in [0.1, 0.15) is 0 Å². The Morgan fingerprint density at radius 1 is 1.25 bits per heavy atom. The smallest absolute Gasteiger partial charge is 0.0612 e. The van der Waals surface area contributed by atoms with E-state index in [1.165, 1.54) is 0 Å². The van der Waals surface area contributed by atoms with Gasteiger partial charge in [-0.05, 0) is 43.4 Å². The first-order valence-electron chi connectivity index (χ1n) is 7.30. The first kappa shape index (κ1) is 16.1. The van der Waals surface area contributed by atoms with Crippen LogP contribution in [-0.4, -0.2) is 18.8 Å². The van der Waals surface area contributed by atoms with Crippen molar-refractivity contribution >= 4 is 23.2 Å². The van der Waals surface area contributed by atoms with Crippen LogP contribution in [0.2, 0.25) is 10.0 Å². The lowest BCUT2D eigenvalue weighted by molar-refractivity contribution is -0.0256. The number of benzene rings is 1. The van der Waals surface area contributed by atoms with E-state index in [4.69, 9.17) is 27.9 Å². The summed E-state index contributed by atoms with van der Waals surface area (Å²) in [6, 6.07) is 6.40. The Bertz CT molecular complexity index is 450. The Morgan fingerprint density at radius 3 is 2.65 bits per heavy atom. The van der Waals surface area contributed by atoms with Crippen molar-refractivity contribution in [2.24, 2.45) is 5.92 Å². The van der Waals surface area contributed by atoms with Gasteiger partial charge < -0.3 is 10.1 Å². The molecule has 2 nitrogen and oxygen atoms in total. The van der Waals surface area contributed by atoms with Gasteiger partial charge in [-0.3, -0.25) is 0 Å². The molecule has 1 heterocycles. The molecule has 112 valence electrons. The zero-order chi connectivity index (χ0) is 14.7. The highest BCUT2D eigenvalue weighted by molar-refractivity contribution is 6.35. The monoisotopic (exact) mass is 315 g/mol. The summed E-state index contributed by atoms with van der Waals surface area (Å²) >= 11 is 12.2. The quantitative estimate of drug-likeness (QED) is 0.857. The molecule has 1 saturated heterocycles. The highest BCUT2D eigenvalue weighted by atomic mass is 35.5. The lowest BCUT2D eigenvalue weighted by atomic mass is 9.94. The predicted octanol–water partition coefficient (Wildman–Crippen LogP) is 4.85. The summed E-state index contributed by atoms with van der Waals surface area (Å²) in [5, 5.41) is 5.08. The number of ether oxygens (including phenoxy) is 1. The molecule has 1 N–H and O–H groups in total. The third-order valence-electron chi connectivity index (χ3n) is 3.97. The van der Waals surface area contributed by atoms with E-state index in [9.17, 15) is 0 Å². The molecule has 1 aliphatic rings. The third kappa shape index (κ3) is 4.11. The first-order valence-corrected chi connectivity index (χ1v) is 8.05. The van der Waals surface area contributed by atoms with Gasteiger partial charge in [0.25, 0.3) is 0 Å². The molecular formula is C16H23Cl2NO. The summed E-state index contributed by atoms with van der Waals surface area (Å²) in [5.74, 6) is 0.564. The van der Waals surface area contributed by atoms with Crippen LogP contribution in [0.15, 0.2) is 18.2 Å². The van der Waals surface area contributed by atoms with Gasteiger partial charge in [0, 0.05) is 28.7 Å². The molecule has 0 radical (unpaired) electrons. The molecule has 0 amide bonds. The van der Waals surface area contributed by atoms with E-state index in [0.717, 1.165) is 30.0 Å². The molecule has 1 fully saturated rings. The molecule has 0 bridgehead atoms. The van der Waals surface area contributed by atoms with Crippen LogP contribution in [0.25, 0.3) is 0 Å². The maximum atomic E-state index is 6.27. The molecule has 1 aliphatic heterocycles. The van der Waals surface area contributed by atoms with E-state index in [0.29, 0.717) is 23.1 Å². The van der Waals surface area contributed by atoms with Crippen LogP contribution >= 0.6 is 23.2 Å². The van der Waals surface area contributed by atoms with Crippen molar-refractivity contribution in [3.05, 3.63) is 33.8 Å². The van der Waals surface area contributed by atoms with Gasteiger partial charge in [-0.25, -0.2) is 0 Å². The molecule has 0 aromatic heterocycles. The van der Waals surface area contributed by atoms with Crippen LogP contribution in [0, 0.1) is 5.92 Å². The SMILES string of the molecule is CC(NC1CCOC(C(C)C)C1)c1ccc(Cl)cc1Cl. The van der Waals surface area contributed by atoms with Gasteiger partial charge in [0.2, 0.25) is 0 Å². The van der Waals surface area contributed by atoms with Gasteiger partial charge in [0.15, 0.2) is 0 Å². The summed E-state index contributed by atoms with van der Waals surface area (Å²) < 4.78 is 5.81. The molecule has 4 heteroatoms. The molecule has 0 saturated carbocycles. The van der Waals surface area contributed by atoms with Crippen LogP contribution in [0.4, 0.5) is 0 Å². The van der Waals surface area contributed by atoms with E-state index < -0.39 is 0 Å². The summed E-state index contributed by atoms with van der Waals surface area (Å²) in [7, 11) is 0. The number of rotatable bonds is 4. The van der Waals surface area contributed by atoms with Crippen molar-refractivity contribution in [1.82, 2.24) is 5.32 Å². The highest BCUT2D eigenvalue weighted by Crippen LogP contribution is 2.28. The third-order valence-corrected chi connectivity index (χ3v) is 4.54. The van der Waals surface area contributed by atoms with Gasteiger partial charge in [-0.2, -0.15) is 0 Å². The molecule has 3 atom stereocenters. The molecular weight excluding hydrogens is 293 g/mol. The minimum absolute atomic E-state index is 0.218. The molecule has 1 aromatic carbocycles. The van der Waals surface area contributed by atoms with Crippen molar-refractivity contribution in [3.8, 4) is 0 Å². The number of halogens is 2. The normalized spacial score (nSPS) is 24.9. The summed E-state index contributed by atoms with van der Waals surface area (Å²) in [4.78, 5) is 0. The predicted molar refractivity (Wildman–Crippen MR) is 85.6 cm³/mol. The lowest BCUT2D eigenvalue weighted by Gasteiger charge is -2.34. The van der Waals surface area contributed by atoms with E-state index in [1.54, 1.807) is 6.07 Å². The molecule has 0 aliphatic carbocycles. The van der Waals surface area contributed by atoms with E-state index in [2.05, 4.69) is 26.1 Å². The van der Waals surface area contributed by atoms with Crippen molar-refractivity contribution in [2.45, 2.75) is 51.8 Å². The minimum atomic E-state index is 0.218. The molecule has 3 unspecified atom stereocenters. The number of nitrogens with one attached hydrogen (secondary N) is 1. The number of hydrogen-bond acceptors (Lipinski definition) is 2.